The zero-order valence-corrected chi connectivity index (χ0v) is 17.6. The lowest BCUT2D eigenvalue weighted by Gasteiger charge is -2.30. The van der Waals surface area contributed by atoms with Gasteiger partial charge < -0.3 is 19.8 Å². The van der Waals surface area contributed by atoms with E-state index in [4.69, 9.17) is 9.15 Å². The van der Waals surface area contributed by atoms with Crippen LogP contribution in [0.5, 0.6) is 0 Å². The molecule has 2 heterocycles. The normalized spacial score (nSPS) is 22.2. The third-order valence-corrected chi connectivity index (χ3v) is 6.07. The molecule has 0 bridgehead atoms. The molecule has 4 rings (SSSR count). The number of carbonyl (C=O) groups is 2. The molecule has 7 heteroatoms. The molecule has 1 aliphatic carbocycles. The summed E-state index contributed by atoms with van der Waals surface area (Å²) in [4.78, 5) is 24.8. The number of anilines is 1. The number of halogens is 1. The van der Waals surface area contributed by atoms with Crippen molar-refractivity contribution in [1.82, 2.24) is 5.32 Å². The molecule has 2 aliphatic rings. The molecule has 6 nitrogen and oxygen atoms in total. The number of fused-ring (bicyclic) bond motifs is 1. The van der Waals surface area contributed by atoms with Crippen molar-refractivity contribution in [1.29, 1.82) is 0 Å². The first-order chi connectivity index (χ1) is 13.7. The van der Waals surface area contributed by atoms with Crippen LogP contribution in [0.3, 0.4) is 0 Å². The smallest absolute Gasteiger partial charge is 0.374 e. The minimum Gasteiger partial charge on any atom is -0.460 e. The number of esters is 1. The number of amides is 1. The second kappa shape index (κ2) is 9.63. The van der Waals surface area contributed by atoms with Crippen molar-refractivity contribution in [2.75, 3.05) is 18.5 Å². The Kier molecular flexibility index (Phi) is 7.19. The van der Waals surface area contributed by atoms with Crippen LogP contribution in [0, 0.1) is 11.8 Å². The van der Waals surface area contributed by atoms with Crippen LogP contribution < -0.4 is 10.6 Å². The molecule has 1 aliphatic heterocycles. The van der Waals surface area contributed by atoms with Gasteiger partial charge in [0.25, 0.3) is 0 Å². The van der Waals surface area contributed by atoms with Gasteiger partial charge in [0, 0.05) is 11.1 Å². The molecule has 2 aromatic rings. The minimum atomic E-state index is -0.477. The predicted molar refractivity (Wildman–Crippen MR) is 115 cm³/mol. The van der Waals surface area contributed by atoms with Crippen molar-refractivity contribution in [2.45, 2.75) is 51.5 Å². The van der Waals surface area contributed by atoms with E-state index in [-0.39, 0.29) is 30.1 Å². The number of furan rings is 1. The molecule has 1 saturated carbocycles. The zero-order valence-electron chi connectivity index (χ0n) is 16.7. The highest BCUT2D eigenvalue weighted by atomic mass is 35.5. The number of ether oxygens (including phenoxy) is 1. The van der Waals surface area contributed by atoms with E-state index in [1.807, 2.05) is 12.1 Å². The largest absolute Gasteiger partial charge is 0.460 e. The second-order valence-corrected chi connectivity index (χ2v) is 7.86. The highest BCUT2D eigenvalue weighted by Gasteiger charge is 2.38. The van der Waals surface area contributed by atoms with Gasteiger partial charge in [-0.05, 0) is 56.0 Å². The van der Waals surface area contributed by atoms with Gasteiger partial charge in [0.2, 0.25) is 11.7 Å². The first-order valence-corrected chi connectivity index (χ1v) is 10.4. The average Bonchev–Trinajstić information content (AvgIpc) is 3.36. The molecule has 1 aromatic carbocycles. The molecule has 2 fully saturated rings. The Labute approximate surface area is 177 Å². The Morgan fingerprint density at radius 2 is 1.97 bits per heavy atom. The third-order valence-electron chi connectivity index (χ3n) is 6.07. The molecule has 0 radical (unpaired) electrons. The number of hydrogen-bond acceptors (Lipinski definition) is 5. The Bertz CT molecular complexity index is 860. The maximum atomic E-state index is 12.9. The van der Waals surface area contributed by atoms with Crippen LogP contribution in [0.25, 0.3) is 11.0 Å². The fraction of sp³-hybridized carbons (Fsp3) is 0.545. The van der Waals surface area contributed by atoms with Crippen molar-refractivity contribution >= 4 is 40.9 Å². The van der Waals surface area contributed by atoms with E-state index in [1.54, 1.807) is 19.1 Å². The van der Waals surface area contributed by atoms with Crippen molar-refractivity contribution in [3.8, 4) is 0 Å². The van der Waals surface area contributed by atoms with Crippen LogP contribution >= 0.6 is 12.4 Å². The number of hydrogen-bond donors (Lipinski definition) is 2. The maximum absolute atomic E-state index is 12.9. The highest BCUT2D eigenvalue weighted by molar-refractivity contribution is 5.98. The van der Waals surface area contributed by atoms with Gasteiger partial charge in [-0.15, -0.1) is 12.4 Å². The van der Waals surface area contributed by atoms with E-state index >= 15 is 0 Å². The Balaban J connectivity index is 0.00000240. The topological polar surface area (TPSA) is 80.6 Å². The fourth-order valence-electron chi connectivity index (χ4n) is 4.72. The molecule has 0 spiro atoms. The fourth-order valence-corrected chi connectivity index (χ4v) is 4.72. The molecule has 1 aromatic heterocycles. The lowest BCUT2D eigenvalue weighted by molar-refractivity contribution is -0.119. The Morgan fingerprint density at radius 3 is 2.72 bits per heavy atom. The highest BCUT2D eigenvalue weighted by Crippen LogP contribution is 2.36. The summed E-state index contributed by atoms with van der Waals surface area (Å²) >= 11 is 0. The monoisotopic (exact) mass is 420 g/mol. The summed E-state index contributed by atoms with van der Waals surface area (Å²) in [6.45, 7) is 2.96. The summed E-state index contributed by atoms with van der Waals surface area (Å²) in [5.74, 6) is 0.808. The van der Waals surface area contributed by atoms with Crippen molar-refractivity contribution in [3.05, 3.63) is 30.0 Å². The summed E-state index contributed by atoms with van der Waals surface area (Å²) in [6.07, 6.45) is 7.46. The molecule has 1 saturated heterocycles. The number of carbonyl (C=O) groups excluding carboxylic acids is 2. The van der Waals surface area contributed by atoms with Crippen LogP contribution in [0.1, 0.15) is 56.0 Å². The van der Waals surface area contributed by atoms with E-state index in [1.165, 1.54) is 32.1 Å². The van der Waals surface area contributed by atoms with Crippen molar-refractivity contribution in [3.63, 3.8) is 0 Å². The molecular weight excluding hydrogens is 392 g/mol. The van der Waals surface area contributed by atoms with Gasteiger partial charge in [-0.3, -0.25) is 4.79 Å². The number of nitrogens with one attached hydrogen (secondary N) is 2. The molecule has 2 N–H and O–H groups in total. The van der Waals surface area contributed by atoms with E-state index in [9.17, 15) is 9.59 Å². The number of rotatable bonds is 5. The first kappa shape index (κ1) is 21.7. The standard InChI is InChI=1S/C22H28N2O4.ClH/c1-2-27-22(26)19-13-15-12-16(8-9-18(15)28-19)24-21(25)20-17(10-11-23-20)14-6-4-3-5-7-14;/h8-9,12-14,17,20,23H,2-7,10-11H2,1H3,(H,24,25);1H/t17-,20-;/m0./s1. The van der Waals surface area contributed by atoms with Crippen LogP contribution in [0.2, 0.25) is 0 Å². The van der Waals surface area contributed by atoms with Crippen molar-refractivity contribution < 1.29 is 18.7 Å². The summed E-state index contributed by atoms with van der Waals surface area (Å²) in [7, 11) is 0. The minimum absolute atomic E-state index is 0. The second-order valence-electron chi connectivity index (χ2n) is 7.86. The summed E-state index contributed by atoms with van der Waals surface area (Å²) in [6, 6.07) is 6.95. The van der Waals surface area contributed by atoms with Gasteiger partial charge in [0.05, 0.1) is 12.6 Å². The molecular formula is C22H29ClN2O4. The number of benzene rings is 1. The molecule has 2 atom stereocenters. The van der Waals surface area contributed by atoms with E-state index < -0.39 is 5.97 Å². The van der Waals surface area contributed by atoms with Gasteiger partial charge in [0.15, 0.2) is 0 Å². The quantitative estimate of drug-likeness (QED) is 0.694. The lowest BCUT2D eigenvalue weighted by Crippen LogP contribution is -2.42. The molecule has 1 amide bonds. The van der Waals surface area contributed by atoms with Gasteiger partial charge in [-0.25, -0.2) is 4.79 Å². The van der Waals surface area contributed by atoms with Gasteiger partial charge in [-0.1, -0.05) is 32.1 Å². The third kappa shape index (κ3) is 4.75. The van der Waals surface area contributed by atoms with Crippen LogP contribution in [0.4, 0.5) is 5.69 Å². The van der Waals surface area contributed by atoms with Gasteiger partial charge in [-0.2, -0.15) is 0 Å². The first-order valence-electron chi connectivity index (χ1n) is 10.4. The van der Waals surface area contributed by atoms with E-state index in [0.717, 1.165) is 18.4 Å². The van der Waals surface area contributed by atoms with E-state index in [2.05, 4.69) is 10.6 Å². The molecule has 0 unspecified atom stereocenters. The van der Waals surface area contributed by atoms with Crippen LogP contribution in [-0.2, 0) is 9.53 Å². The SMILES string of the molecule is CCOC(=O)c1cc2cc(NC(=O)[C@H]3NCC[C@H]3C3CCCCC3)ccc2o1.Cl. The summed E-state index contributed by atoms with van der Waals surface area (Å²) in [5, 5.41) is 7.22. The zero-order chi connectivity index (χ0) is 19.5. The Hall–Kier alpha value is -2.05. The van der Waals surface area contributed by atoms with Crippen LogP contribution in [-0.4, -0.2) is 31.1 Å². The molecule has 29 heavy (non-hydrogen) atoms. The Morgan fingerprint density at radius 1 is 1.17 bits per heavy atom. The lowest BCUT2D eigenvalue weighted by atomic mass is 9.76. The van der Waals surface area contributed by atoms with Crippen molar-refractivity contribution in [2.24, 2.45) is 11.8 Å². The van der Waals surface area contributed by atoms with Gasteiger partial charge in [0.1, 0.15) is 5.58 Å². The maximum Gasteiger partial charge on any atom is 0.374 e. The average molecular weight is 421 g/mol. The predicted octanol–water partition coefficient (Wildman–Crippen LogP) is 4.53. The van der Waals surface area contributed by atoms with E-state index in [0.29, 0.717) is 29.7 Å². The van der Waals surface area contributed by atoms with Gasteiger partial charge >= 0.3 is 5.97 Å². The summed E-state index contributed by atoms with van der Waals surface area (Å²) < 4.78 is 10.5. The van der Waals surface area contributed by atoms with Crippen LogP contribution in [0.15, 0.2) is 28.7 Å². The summed E-state index contributed by atoms with van der Waals surface area (Å²) in [5.41, 5.74) is 1.31. The molecule has 158 valence electrons.